The number of rotatable bonds is 4. The molecule has 13 heavy (non-hydrogen) atoms. The van der Waals surface area contributed by atoms with Gasteiger partial charge < -0.3 is 10.5 Å². The zero-order valence-electron chi connectivity index (χ0n) is 7.53. The molecule has 4 heteroatoms. The summed E-state index contributed by atoms with van der Waals surface area (Å²) in [6, 6.07) is 3.65. The fourth-order valence-electron chi connectivity index (χ4n) is 0.810. The predicted octanol–water partition coefficient (Wildman–Crippen LogP) is 1.85. The summed E-state index contributed by atoms with van der Waals surface area (Å²) >= 11 is 5.61. The summed E-state index contributed by atoms with van der Waals surface area (Å²) in [7, 11) is 0. The van der Waals surface area contributed by atoms with Crippen LogP contribution in [0.3, 0.4) is 0 Å². The lowest BCUT2D eigenvalue weighted by Gasteiger charge is -2.07. The number of ether oxygens (including phenoxy) is 1. The number of aromatic nitrogens is 1. The molecule has 0 fully saturated rings. The van der Waals surface area contributed by atoms with E-state index in [1.54, 1.807) is 18.3 Å². The molecule has 0 radical (unpaired) electrons. The van der Waals surface area contributed by atoms with Gasteiger partial charge in [-0.05, 0) is 25.5 Å². The van der Waals surface area contributed by atoms with Crippen molar-refractivity contribution in [3.8, 4) is 5.75 Å². The highest BCUT2D eigenvalue weighted by Crippen LogP contribution is 2.12. The quantitative estimate of drug-likeness (QED) is 0.755. The van der Waals surface area contributed by atoms with Crippen molar-refractivity contribution >= 4 is 11.6 Å². The highest BCUT2D eigenvalue weighted by molar-refractivity contribution is 6.29. The molecule has 2 N–H and O–H groups in total. The number of pyridine rings is 1. The number of hydrogen-bond acceptors (Lipinski definition) is 3. The fraction of sp³-hybridized carbons (Fsp3) is 0.444. The lowest BCUT2D eigenvalue weighted by molar-refractivity contribution is 0.300. The van der Waals surface area contributed by atoms with Crippen LogP contribution < -0.4 is 10.5 Å². The van der Waals surface area contributed by atoms with Gasteiger partial charge in [0.15, 0.2) is 0 Å². The van der Waals surface area contributed by atoms with Crippen molar-refractivity contribution in [2.45, 2.75) is 19.4 Å². The second-order valence-electron chi connectivity index (χ2n) is 2.93. The maximum atomic E-state index is 5.61. The van der Waals surface area contributed by atoms with E-state index in [0.717, 1.165) is 12.2 Å². The van der Waals surface area contributed by atoms with Crippen molar-refractivity contribution in [3.63, 3.8) is 0 Å². The molecule has 1 unspecified atom stereocenters. The lowest BCUT2D eigenvalue weighted by Crippen LogP contribution is -2.18. The van der Waals surface area contributed by atoms with Crippen molar-refractivity contribution in [1.82, 2.24) is 4.98 Å². The summed E-state index contributed by atoms with van der Waals surface area (Å²) in [5.41, 5.74) is 5.56. The van der Waals surface area contributed by atoms with Crippen LogP contribution in [0.5, 0.6) is 5.75 Å². The third kappa shape index (κ3) is 4.10. The third-order valence-corrected chi connectivity index (χ3v) is 1.77. The van der Waals surface area contributed by atoms with Crippen molar-refractivity contribution in [3.05, 3.63) is 23.5 Å². The summed E-state index contributed by atoms with van der Waals surface area (Å²) in [6.07, 6.45) is 2.44. The summed E-state index contributed by atoms with van der Waals surface area (Å²) in [6.45, 7) is 2.56. The second kappa shape index (κ2) is 5.04. The topological polar surface area (TPSA) is 48.1 Å². The highest BCUT2D eigenvalue weighted by Gasteiger charge is 1.96. The molecule has 72 valence electrons. The minimum atomic E-state index is 0.167. The molecule has 0 saturated carbocycles. The highest BCUT2D eigenvalue weighted by atomic mass is 35.5. The molecule has 0 spiro atoms. The minimum Gasteiger partial charge on any atom is -0.492 e. The average Bonchev–Trinajstić information content (AvgIpc) is 2.08. The standard InChI is InChI=1S/C9H13ClN2O/c1-7(11)4-5-13-8-2-3-9(10)12-6-8/h2-3,6-7H,4-5,11H2,1H3. The van der Waals surface area contributed by atoms with Gasteiger partial charge >= 0.3 is 0 Å². The van der Waals surface area contributed by atoms with Crippen LogP contribution in [-0.2, 0) is 0 Å². The first-order valence-corrected chi connectivity index (χ1v) is 4.56. The summed E-state index contributed by atoms with van der Waals surface area (Å²) < 4.78 is 5.37. The van der Waals surface area contributed by atoms with E-state index in [1.807, 2.05) is 6.92 Å². The van der Waals surface area contributed by atoms with E-state index in [0.29, 0.717) is 11.8 Å². The zero-order chi connectivity index (χ0) is 9.68. The van der Waals surface area contributed by atoms with Gasteiger partial charge in [0.05, 0.1) is 12.8 Å². The Morgan fingerprint density at radius 1 is 1.62 bits per heavy atom. The Balaban J connectivity index is 2.33. The number of halogens is 1. The maximum absolute atomic E-state index is 5.61. The Bertz CT molecular complexity index is 248. The number of nitrogens with two attached hydrogens (primary N) is 1. The van der Waals surface area contributed by atoms with Crippen LogP contribution in [0.25, 0.3) is 0 Å². The SMILES string of the molecule is CC(N)CCOc1ccc(Cl)nc1. The maximum Gasteiger partial charge on any atom is 0.137 e. The summed E-state index contributed by atoms with van der Waals surface area (Å²) in [4.78, 5) is 3.89. The van der Waals surface area contributed by atoms with Gasteiger partial charge in [0.1, 0.15) is 10.9 Å². The first kappa shape index (κ1) is 10.3. The van der Waals surface area contributed by atoms with Crippen LogP contribution in [-0.4, -0.2) is 17.6 Å². The monoisotopic (exact) mass is 200 g/mol. The molecule has 1 aromatic heterocycles. The smallest absolute Gasteiger partial charge is 0.137 e. The summed E-state index contributed by atoms with van der Waals surface area (Å²) in [5.74, 6) is 0.727. The largest absolute Gasteiger partial charge is 0.492 e. The third-order valence-electron chi connectivity index (χ3n) is 1.54. The molecule has 0 bridgehead atoms. The zero-order valence-corrected chi connectivity index (χ0v) is 8.29. The average molecular weight is 201 g/mol. The molecule has 1 aromatic rings. The molecule has 1 rings (SSSR count). The molecule has 0 aliphatic heterocycles. The number of hydrogen-bond donors (Lipinski definition) is 1. The molecular formula is C9H13ClN2O. The van der Waals surface area contributed by atoms with Gasteiger partial charge in [-0.3, -0.25) is 0 Å². The fourth-order valence-corrected chi connectivity index (χ4v) is 0.922. The van der Waals surface area contributed by atoms with E-state index in [4.69, 9.17) is 22.1 Å². The van der Waals surface area contributed by atoms with Crippen LogP contribution >= 0.6 is 11.6 Å². The normalized spacial score (nSPS) is 12.5. The molecule has 1 atom stereocenters. The Morgan fingerprint density at radius 2 is 2.38 bits per heavy atom. The van der Waals surface area contributed by atoms with Crippen molar-refractivity contribution < 1.29 is 4.74 Å². The summed E-state index contributed by atoms with van der Waals surface area (Å²) in [5, 5.41) is 0.472. The van der Waals surface area contributed by atoms with Crippen LogP contribution in [0.4, 0.5) is 0 Å². The molecular weight excluding hydrogens is 188 g/mol. The van der Waals surface area contributed by atoms with E-state index in [-0.39, 0.29) is 6.04 Å². The molecule has 0 aliphatic rings. The van der Waals surface area contributed by atoms with E-state index in [1.165, 1.54) is 0 Å². The Hall–Kier alpha value is -0.800. The number of nitrogens with zero attached hydrogens (tertiary/aromatic N) is 1. The van der Waals surface area contributed by atoms with E-state index in [2.05, 4.69) is 4.98 Å². The van der Waals surface area contributed by atoms with E-state index >= 15 is 0 Å². The van der Waals surface area contributed by atoms with E-state index in [9.17, 15) is 0 Å². The first-order chi connectivity index (χ1) is 6.18. The van der Waals surface area contributed by atoms with Gasteiger partial charge in [0.25, 0.3) is 0 Å². The van der Waals surface area contributed by atoms with Gasteiger partial charge in [-0.25, -0.2) is 4.98 Å². The molecule has 0 saturated heterocycles. The molecule has 0 amide bonds. The lowest BCUT2D eigenvalue weighted by atomic mass is 10.3. The van der Waals surface area contributed by atoms with Crippen LogP contribution in [0, 0.1) is 0 Å². The van der Waals surface area contributed by atoms with Crippen molar-refractivity contribution in [2.75, 3.05) is 6.61 Å². The second-order valence-corrected chi connectivity index (χ2v) is 3.32. The predicted molar refractivity (Wildman–Crippen MR) is 53.0 cm³/mol. The molecule has 0 aromatic carbocycles. The minimum absolute atomic E-state index is 0.167. The van der Waals surface area contributed by atoms with Gasteiger partial charge in [-0.1, -0.05) is 11.6 Å². The van der Waals surface area contributed by atoms with Gasteiger partial charge in [0.2, 0.25) is 0 Å². The Kier molecular flexibility index (Phi) is 3.99. The van der Waals surface area contributed by atoms with E-state index < -0.39 is 0 Å². The van der Waals surface area contributed by atoms with Crippen LogP contribution in [0.2, 0.25) is 5.15 Å². The van der Waals surface area contributed by atoms with Gasteiger partial charge in [0, 0.05) is 6.04 Å². The van der Waals surface area contributed by atoms with Gasteiger partial charge in [-0.2, -0.15) is 0 Å². The van der Waals surface area contributed by atoms with Crippen molar-refractivity contribution in [1.29, 1.82) is 0 Å². The first-order valence-electron chi connectivity index (χ1n) is 4.18. The molecule has 3 nitrogen and oxygen atoms in total. The van der Waals surface area contributed by atoms with Gasteiger partial charge in [-0.15, -0.1) is 0 Å². The van der Waals surface area contributed by atoms with Crippen molar-refractivity contribution in [2.24, 2.45) is 5.73 Å². The molecule has 0 aliphatic carbocycles. The Morgan fingerprint density at radius 3 is 2.92 bits per heavy atom. The van der Waals surface area contributed by atoms with Crippen LogP contribution in [0.1, 0.15) is 13.3 Å². The molecule has 1 heterocycles. The van der Waals surface area contributed by atoms with Crippen LogP contribution in [0.15, 0.2) is 18.3 Å². The Labute approximate surface area is 82.9 Å².